The fourth-order valence-electron chi connectivity index (χ4n) is 3.04. The zero-order chi connectivity index (χ0) is 14.0. The van der Waals surface area contributed by atoms with Crippen LogP contribution in [0.4, 0.5) is 0 Å². The van der Waals surface area contributed by atoms with Crippen molar-refractivity contribution in [3.05, 3.63) is 29.8 Å². The van der Waals surface area contributed by atoms with Gasteiger partial charge in [0, 0.05) is 0 Å². The lowest BCUT2D eigenvalue weighted by Gasteiger charge is -2.23. The Bertz CT molecular complexity index is 349. The van der Waals surface area contributed by atoms with E-state index in [0.29, 0.717) is 6.10 Å². The zero-order valence-electron chi connectivity index (χ0n) is 13.1. The van der Waals surface area contributed by atoms with Crippen LogP contribution >= 0.6 is 0 Å². The lowest BCUT2D eigenvalue weighted by molar-refractivity contribution is 0.155. The molecule has 1 saturated carbocycles. The second-order valence-electron chi connectivity index (χ2n) is 6.19. The second kappa shape index (κ2) is 9.05. The molecular formula is C19H30O. The Morgan fingerprint density at radius 3 is 2.30 bits per heavy atom. The van der Waals surface area contributed by atoms with Crippen LogP contribution in [0, 0.1) is 0 Å². The van der Waals surface area contributed by atoms with Gasteiger partial charge >= 0.3 is 0 Å². The van der Waals surface area contributed by atoms with Crippen LogP contribution in [-0.2, 0) is 6.42 Å². The molecule has 1 heteroatoms. The Morgan fingerprint density at radius 2 is 1.60 bits per heavy atom. The molecule has 0 saturated heterocycles. The molecule has 2 rings (SSSR count). The van der Waals surface area contributed by atoms with E-state index >= 15 is 0 Å². The van der Waals surface area contributed by atoms with Gasteiger partial charge in [-0.3, -0.25) is 0 Å². The zero-order valence-corrected chi connectivity index (χ0v) is 13.1. The van der Waals surface area contributed by atoms with Gasteiger partial charge in [0.25, 0.3) is 0 Å². The quantitative estimate of drug-likeness (QED) is 0.535. The number of benzene rings is 1. The van der Waals surface area contributed by atoms with Crippen molar-refractivity contribution >= 4 is 0 Å². The standard InChI is InChI=1S/C19H30O/c1-2-3-4-5-7-10-17-13-15-19(16-14-17)20-18-11-8-6-9-12-18/h13-16,18H,2-12H2,1H3. The minimum Gasteiger partial charge on any atom is -0.490 e. The highest BCUT2D eigenvalue weighted by Crippen LogP contribution is 2.23. The molecule has 0 atom stereocenters. The van der Waals surface area contributed by atoms with Crippen molar-refractivity contribution < 1.29 is 4.74 Å². The predicted octanol–water partition coefficient (Wildman–Crippen LogP) is 5.91. The van der Waals surface area contributed by atoms with E-state index in [1.54, 1.807) is 0 Å². The van der Waals surface area contributed by atoms with Crippen LogP contribution in [0.25, 0.3) is 0 Å². The monoisotopic (exact) mass is 274 g/mol. The van der Waals surface area contributed by atoms with Gasteiger partial charge in [0.15, 0.2) is 0 Å². The maximum Gasteiger partial charge on any atom is 0.119 e. The molecule has 0 bridgehead atoms. The molecular weight excluding hydrogens is 244 g/mol. The minimum absolute atomic E-state index is 0.462. The molecule has 0 unspecified atom stereocenters. The minimum atomic E-state index is 0.462. The van der Waals surface area contributed by atoms with Crippen LogP contribution in [0.3, 0.4) is 0 Å². The number of ether oxygens (including phenoxy) is 1. The SMILES string of the molecule is CCCCCCCc1ccc(OC2CCCCC2)cc1. The molecule has 1 aliphatic carbocycles. The summed E-state index contributed by atoms with van der Waals surface area (Å²) in [5.74, 6) is 1.06. The average molecular weight is 274 g/mol. The van der Waals surface area contributed by atoms with Crippen LogP contribution in [0.15, 0.2) is 24.3 Å². The summed E-state index contributed by atoms with van der Waals surface area (Å²) in [5.41, 5.74) is 1.46. The predicted molar refractivity (Wildman–Crippen MR) is 86.4 cm³/mol. The number of aryl methyl sites for hydroxylation is 1. The van der Waals surface area contributed by atoms with Crippen LogP contribution < -0.4 is 4.74 Å². The highest BCUT2D eigenvalue weighted by molar-refractivity contribution is 5.27. The average Bonchev–Trinajstić information content (AvgIpc) is 2.50. The first-order valence-electron chi connectivity index (χ1n) is 8.64. The molecule has 1 fully saturated rings. The largest absolute Gasteiger partial charge is 0.490 e. The summed E-state index contributed by atoms with van der Waals surface area (Å²) in [5, 5.41) is 0. The Kier molecular flexibility index (Phi) is 6.97. The van der Waals surface area contributed by atoms with Crippen molar-refractivity contribution in [2.24, 2.45) is 0 Å². The first-order chi connectivity index (χ1) is 9.88. The van der Waals surface area contributed by atoms with Crippen molar-refractivity contribution in [1.82, 2.24) is 0 Å². The Labute approximate surface area is 124 Å². The Balaban J connectivity index is 1.69. The summed E-state index contributed by atoms with van der Waals surface area (Å²) in [6, 6.07) is 8.82. The van der Waals surface area contributed by atoms with Crippen LogP contribution in [0.2, 0.25) is 0 Å². The molecule has 1 aromatic rings. The van der Waals surface area contributed by atoms with Crippen LogP contribution in [-0.4, -0.2) is 6.10 Å². The number of hydrogen-bond acceptors (Lipinski definition) is 1. The smallest absolute Gasteiger partial charge is 0.119 e. The fraction of sp³-hybridized carbons (Fsp3) is 0.684. The van der Waals surface area contributed by atoms with Gasteiger partial charge in [-0.2, -0.15) is 0 Å². The molecule has 0 aromatic heterocycles. The van der Waals surface area contributed by atoms with E-state index in [1.165, 1.54) is 76.2 Å². The topological polar surface area (TPSA) is 9.23 Å². The first kappa shape index (κ1) is 15.4. The summed E-state index contributed by atoms with van der Waals surface area (Å²) in [6.45, 7) is 2.27. The number of rotatable bonds is 8. The van der Waals surface area contributed by atoms with Crippen molar-refractivity contribution in [1.29, 1.82) is 0 Å². The molecule has 0 heterocycles. The van der Waals surface area contributed by atoms with Crippen molar-refractivity contribution in [3.8, 4) is 5.75 Å². The molecule has 0 N–H and O–H groups in total. The number of hydrogen-bond donors (Lipinski definition) is 0. The molecule has 0 aliphatic heterocycles. The third kappa shape index (κ3) is 5.56. The molecule has 0 amide bonds. The van der Waals surface area contributed by atoms with Gasteiger partial charge in [0.2, 0.25) is 0 Å². The van der Waals surface area contributed by atoms with E-state index in [4.69, 9.17) is 4.74 Å². The van der Waals surface area contributed by atoms with Gasteiger partial charge in [0.1, 0.15) is 5.75 Å². The highest BCUT2D eigenvalue weighted by Gasteiger charge is 2.14. The third-order valence-corrected chi connectivity index (χ3v) is 4.35. The highest BCUT2D eigenvalue weighted by atomic mass is 16.5. The fourth-order valence-corrected chi connectivity index (χ4v) is 3.04. The molecule has 0 radical (unpaired) electrons. The molecule has 0 spiro atoms. The lowest BCUT2D eigenvalue weighted by atomic mass is 9.98. The van der Waals surface area contributed by atoms with E-state index in [1.807, 2.05) is 0 Å². The van der Waals surface area contributed by atoms with E-state index < -0.39 is 0 Å². The van der Waals surface area contributed by atoms with Crippen LogP contribution in [0.5, 0.6) is 5.75 Å². The maximum atomic E-state index is 6.07. The lowest BCUT2D eigenvalue weighted by Crippen LogP contribution is -2.19. The maximum absolute atomic E-state index is 6.07. The molecule has 1 aromatic carbocycles. The molecule has 1 nitrogen and oxygen atoms in total. The van der Waals surface area contributed by atoms with Crippen molar-refractivity contribution in [3.63, 3.8) is 0 Å². The van der Waals surface area contributed by atoms with E-state index in [-0.39, 0.29) is 0 Å². The van der Waals surface area contributed by atoms with E-state index in [9.17, 15) is 0 Å². The Hall–Kier alpha value is -0.980. The molecule has 20 heavy (non-hydrogen) atoms. The van der Waals surface area contributed by atoms with Crippen molar-refractivity contribution in [2.45, 2.75) is 83.7 Å². The normalized spacial score (nSPS) is 16.2. The summed E-state index contributed by atoms with van der Waals surface area (Å²) >= 11 is 0. The Morgan fingerprint density at radius 1 is 0.900 bits per heavy atom. The summed E-state index contributed by atoms with van der Waals surface area (Å²) in [7, 11) is 0. The third-order valence-electron chi connectivity index (χ3n) is 4.35. The van der Waals surface area contributed by atoms with Crippen LogP contribution in [0.1, 0.15) is 76.7 Å². The van der Waals surface area contributed by atoms with Gasteiger partial charge in [0.05, 0.1) is 6.10 Å². The molecule has 1 aliphatic rings. The second-order valence-corrected chi connectivity index (χ2v) is 6.19. The first-order valence-corrected chi connectivity index (χ1v) is 8.64. The van der Waals surface area contributed by atoms with Crippen molar-refractivity contribution in [2.75, 3.05) is 0 Å². The summed E-state index contributed by atoms with van der Waals surface area (Å²) in [6.07, 6.45) is 15.0. The van der Waals surface area contributed by atoms with Gasteiger partial charge < -0.3 is 4.74 Å². The van der Waals surface area contributed by atoms with Gasteiger partial charge in [-0.05, 0) is 56.2 Å². The van der Waals surface area contributed by atoms with E-state index in [0.717, 1.165) is 5.75 Å². The van der Waals surface area contributed by atoms with Gasteiger partial charge in [-0.25, -0.2) is 0 Å². The number of unbranched alkanes of at least 4 members (excludes halogenated alkanes) is 4. The molecule has 112 valence electrons. The van der Waals surface area contributed by atoms with E-state index in [2.05, 4.69) is 31.2 Å². The van der Waals surface area contributed by atoms with Gasteiger partial charge in [-0.15, -0.1) is 0 Å². The summed E-state index contributed by atoms with van der Waals surface area (Å²) < 4.78 is 6.07. The van der Waals surface area contributed by atoms with Gasteiger partial charge in [-0.1, -0.05) is 51.2 Å². The summed E-state index contributed by atoms with van der Waals surface area (Å²) in [4.78, 5) is 0.